The summed E-state index contributed by atoms with van der Waals surface area (Å²) in [6.07, 6.45) is 1.11. The van der Waals surface area contributed by atoms with E-state index in [1.165, 1.54) is 0 Å². The predicted octanol–water partition coefficient (Wildman–Crippen LogP) is 2.58. The normalized spacial score (nSPS) is 29.4. The van der Waals surface area contributed by atoms with Crippen molar-refractivity contribution in [2.24, 2.45) is 0 Å². The minimum atomic E-state index is -0.789. The Kier molecular flexibility index (Phi) is 3.38. The quantitative estimate of drug-likeness (QED) is 0.577. The molecule has 10 heavy (non-hydrogen) atoms. The van der Waals surface area contributed by atoms with E-state index in [-0.39, 0.29) is 0 Å². The molecule has 0 amide bonds. The van der Waals surface area contributed by atoms with Crippen LogP contribution in [0, 0.1) is 0 Å². The van der Waals surface area contributed by atoms with E-state index in [4.69, 9.17) is 15.8 Å². The van der Waals surface area contributed by atoms with E-state index in [9.17, 15) is 0 Å². The van der Waals surface area contributed by atoms with Crippen LogP contribution in [-0.4, -0.2) is 23.9 Å². The van der Waals surface area contributed by atoms with E-state index in [1.807, 2.05) is 0 Å². The summed E-state index contributed by atoms with van der Waals surface area (Å²) in [5, 5.41) is 0. The second-order valence-electron chi connectivity index (χ2n) is 2.67. The van der Waals surface area contributed by atoms with Gasteiger partial charge in [0.05, 0.1) is 6.61 Å². The summed E-state index contributed by atoms with van der Waals surface area (Å²) in [7, 11) is -0.789. The fourth-order valence-corrected chi connectivity index (χ4v) is 3.01. The molecule has 0 aliphatic carbocycles. The third kappa shape index (κ3) is 2.06. The zero-order valence-electron chi connectivity index (χ0n) is 6.38. The van der Waals surface area contributed by atoms with Crippen molar-refractivity contribution in [3.8, 4) is 0 Å². The van der Waals surface area contributed by atoms with Gasteiger partial charge in [-0.3, -0.25) is 0 Å². The molecule has 1 aliphatic rings. The largest absolute Gasteiger partial charge is 0.331 e. The van der Waals surface area contributed by atoms with Crippen molar-refractivity contribution in [2.45, 2.75) is 26.3 Å². The zero-order valence-corrected chi connectivity index (χ0v) is 8.03. The van der Waals surface area contributed by atoms with Gasteiger partial charge in [0, 0.05) is 12.6 Å². The number of hydrogen-bond donors (Lipinski definition) is 0. The molecule has 0 aromatic heterocycles. The summed E-state index contributed by atoms with van der Waals surface area (Å²) >= 11 is 5.95. The van der Waals surface area contributed by atoms with Crippen LogP contribution >= 0.6 is 18.9 Å². The predicted molar refractivity (Wildman–Crippen MR) is 45.2 cm³/mol. The molecule has 1 unspecified atom stereocenters. The molecule has 0 spiro atoms. The summed E-state index contributed by atoms with van der Waals surface area (Å²) in [6, 6.07) is 0.518. The average Bonchev–Trinajstić information content (AvgIpc) is 1.88. The molecule has 1 fully saturated rings. The molecule has 2 nitrogen and oxygen atoms in total. The first-order chi connectivity index (χ1) is 4.72. The number of hydrogen-bond acceptors (Lipinski definition) is 2. The van der Waals surface area contributed by atoms with E-state index < -0.39 is 7.65 Å². The summed E-state index contributed by atoms with van der Waals surface area (Å²) < 4.78 is 7.52. The van der Waals surface area contributed by atoms with E-state index in [0.29, 0.717) is 6.04 Å². The monoisotopic (exact) mass is 181 g/mol. The average molecular weight is 182 g/mol. The van der Waals surface area contributed by atoms with Crippen LogP contribution in [0.3, 0.4) is 0 Å². The SMILES string of the molecule is CC(C)N1CCCOP1Cl. The van der Waals surface area contributed by atoms with Gasteiger partial charge >= 0.3 is 0 Å². The Morgan fingerprint density at radius 1 is 1.60 bits per heavy atom. The summed E-state index contributed by atoms with van der Waals surface area (Å²) in [6.45, 7) is 6.21. The Morgan fingerprint density at radius 2 is 2.30 bits per heavy atom. The standard InChI is InChI=1S/C6H13ClNOP/c1-6(2)8-4-3-5-9-10(8)7/h6H,3-5H2,1-2H3. The van der Waals surface area contributed by atoms with Crippen LogP contribution < -0.4 is 0 Å². The van der Waals surface area contributed by atoms with Crippen molar-refractivity contribution < 1.29 is 4.52 Å². The van der Waals surface area contributed by atoms with Gasteiger partial charge in [-0.15, -0.1) is 0 Å². The Balaban J connectivity index is 2.40. The highest BCUT2D eigenvalue weighted by molar-refractivity contribution is 7.78. The van der Waals surface area contributed by atoms with Crippen LogP contribution in [-0.2, 0) is 4.52 Å². The first-order valence-corrected chi connectivity index (χ1v) is 5.69. The first kappa shape index (κ1) is 8.73. The van der Waals surface area contributed by atoms with Crippen molar-refractivity contribution in [3.05, 3.63) is 0 Å². The molecule has 60 valence electrons. The molecular weight excluding hydrogens is 168 g/mol. The molecule has 1 aliphatic heterocycles. The van der Waals surface area contributed by atoms with E-state index in [1.54, 1.807) is 0 Å². The van der Waals surface area contributed by atoms with Gasteiger partial charge in [-0.2, -0.15) is 0 Å². The van der Waals surface area contributed by atoms with Gasteiger partial charge in [-0.05, 0) is 31.5 Å². The van der Waals surface area contributed by atoms with Crippen molar-refractivity contribution in [1.29, 1.82) is 0 Å². The Hall–Kier alpha value is 0.640. The third-order valence-corrected chi connectivity index (χ3v) is 3.86. The van der Waals surface area contributed by atoms with Gasteiger partial charge in [0.1, 0.15) is 0 Å². The van der Waals surface area contributed by atoms with Gasteiger partial charge in [0.25, 0.3) is 0 Å². The van der Waals surface area contributed by atoms with Crippen molar-refractivity contribution >= 4 is 18.9 Å². The number of halogens is 1. The van der Waals surface area contributed by atoms with Gasteiger partial charge in [0.2, 0.25) is 7.65 Å². The Labute approximate surface area is 68.2 Å². The van der Waals surface area contributed by atoms with Crippen LogP contribution in [0.15, 0.2) is 0 Å². The van der Waals surface area contributed by atoms with Gasteiger partial charge < -0.3 is 4.52 Å². The number of nitrogens with zero attached hydrogens (tertiary/aromatic N) is 1. The smallest absolute Gasteiger partial charge is 0.207 e. The van der Waals surface area contributed by atoms with Crippen LogP contribution in [0.2, 0.25) is 0 Å². The molecule has 0 saturated carbocycles. The maximum atomic E-state index is 5.95. The molecule has 1 saturated heterocycles. The van der Waals surface area contributed by atoms with Gasteiger partial charge in [-0.25, -0.2) is 4.67 Å². The molecular formula is C6H13ClNOP. The van der Waals surface area contributed by atoms with Crippen LogP contribution in [0.25, 0.3) is 0 Å². The summed E-state index contributed by atoms with van der Waals surface area (Å²) in [5.41, 5.74) is 0. The molecule has 0 bridgehead atoms. The van der Waals surface area contributed by atoms with Gasteiger partial charge in [0.15, 0.2) is 0 Å². The molecule has 0 radical (unpaired) electrons. The Morgan fingerprint density at radius 3 is 2.70 bits per heavy atom. The second kappa shape index (κ2) is 3.87. The van der Waals surface area contributed by atoms with E-state index in [0.717, 1.165) is 19.6 Å². The maximum Gasteiger partial charge on any atom is 0.207 e. The maximum absolute atomic E-state index is 5.95. The van der Waals surface area contributed by atoms with Crippen molar-refractivity contribution in [1.82, 2.24) is 4.67 Å². The van der Waals surface area contributed by atoms with E-state index in [2.05, 4.69) is 18.5 Å². The van der Waals surface area contributed by atoms with Crippen molar-refractivity contribution in [2.75, 3.05) is 13.2 Å². The minimum absolute atomic E-state index is 0.518. The molecule has 0 aromatic carbocycles. The lowest BCUT2D eigenvalue weighted by molar-refractivity contribution is 0.230. The first-order valence-electron chi connectivity index (χ1n) is 3.57. The van der Waals surface area contributed by atoms with E-state index >= 15 is 0 Å². The summed E-state index contributed by atoms with van der Waals surface area (Å²) in [5.74, 6) is 0. The molecule has 1 atom stereocenters. The highest BCUT2D eigenvalue weighted by Gasteiger charge is 2.23. The highest BCUT2D eigenvalue weighted by Crippen LogP contribution is 2.50. The van der Waals surface area contributed by atoms with Gasteiger partial charge in [-0.1, -0.05) is 0 Å². The van der Waals surface area contributed by atoms with Crippen molar-refractivity contribution in [3.63, 3.8) is 0 Å². The lowest BCUT2D eigenvalue weighted by Crippen LogP contribution is -2.30. The zero-order chi connectivity index (χ0) is 7.56. The van der Waals surface area contributed by atoms with Crippen LogP contribution in [0.4, 0.5) is 0 Å². The molecule has 0 aromatic rings. The summed E-state index contributed by atoms with van der Waals surface area (Å²) in [4.78, 5) is 0. The van der Waals surface area contributed by atoms with Crippen LogP contribution in [0.1, 0.15) is 20.3 Å². The Bertz CT molecular complexity index is 112. The highest BCUT2D eigenvalue weighted by atomic mass is 35.7. The minimum Gasteiger partial charge on any atom is -0.331 e. The fourth-order valence-electron chi connectivity index (χ4n) is 0.959. The molecule has 0 N–H and O–H groups in total. The molecule has 4 heteroatoms. The lowest BCUT2D eigenvalue weighted by Gasteiger charge is -2.33. The topological polar surface area (TPSA) is 12.5 Å². The fraction of sp³-hybridized carbons (Fsp3) is 1.00. The number of rotatable bonds is 1. The molecule has 1 rings (SSSR count). The van der Waals surface area contributed by atoms with Crippen LogP contribution in [0.5, 0.6) is 0 Å². The second-order valence-corrected chi connectivity index (χ2v) is 4.76. The third-order valence-electron chi connectivity index (χ3n) is 1.53. The molecule has 1 heterocycles. The lowest BCUT2D eigenvalue weighted by atomic mass is 10.3.